The van der Waals surface area contributed by atoms with Crippen molar-refractivity contribution in [1.82, 2.24) is 4.90 Å². The molecule has 0 atom stereocenters. The largest absolute Gasteiger partial charge is 0.430 e. The van der Waals surface area contributed by atoms with Crippen LogP contribution >= 0.6 is 0 Å². The molecule has 2 rings (SSSR count). The molecule has 1 aromatic rings. The monoisotopic (exact) mass is 553 g/mol. The second-order valence-electron chi connectivity index (χ2n) is 7.52. The van der Waals surface area contributed by atoms with E-state index in [0.717, 1.165) is 0 Å². The summed E-state index contributed by atoms with van der Waals surface area (Å²) in [5, 5.41) is 19.0. The first-order valence-electron chi connectivity index (χ1n) is 9.44. The van der Waals surface area contributed by atoms with E-state index >= 15 is 0 Å². The molecule has 206 valence electrons. The summed E-state index contributed by atoms with van der Waals surface area (Å²) in [6.07, 6.45) is -26.9. The van der Waals surface area contributed by atoms with Gasteiger partial charge in [0, 0.05) is 24.2 Å². The normalized spacial score (nSPS) is 17.3. The minimum atomic E-state index is -6.73. The zero-order valence-electron chi connectivity index (χ0n) is 17.4. The number of morpholine rings is 1. The molecule has 0 spiro atoms. The lowest BCUT2D eigenvalue weighted by atomic mass is 9.85. The molecule has 2 N–H and O–H groups in total. The van der Waals surface area contributed by atoms with E-state index in [0.29, 0.717) is 0 Å². The third-order valence-electron chi connectivity index (χ3n) is 5.07. The Hall–Kier alpha value is -2.31. The fourth-order valence-corrected chi connectivity index (χ4v) is 3.16. The lowest BCUT2D eigenvalue weighted by Gasteiger charge is -2.36. The Labute approximate surface area is 193 Å². The number of carbonyl (C=O) groups is 1. The summed E-state index contributed by atoms with van der Waals surface area (Å²) in [7, 11) is 0. The third kappa shape index (κ3) is 5.50. The first kappa shape index (κ1) is 29.9. The Morgan fingerprint density at radius 2 is 1.11 bits per heavy atom. The van der Waals surface area contributed by atoms with Crippen LogP contribution in [-0.2, 0) is 20.7 Å². The van der Waals surface area contributed by atoms with Crippen LogP contribution in [0, 0.1) is 0 Å². The van der Waals surface area contributed by atoms with Gasteiger partial charge in [-0.25, -0.2) is 0 Å². The number of hydrogen-bond acceptors (Lipinski definition) is 6. The molecule has 1 saturated heterocycles. The van der Waals surface area contributed by atoms with Gasteiger partial charge >= 0.3 is 30.7 Å². The summed E-state index contributed by atoms with van der Waals surface area (Å²) in [5.41, 5.74) is -17.3. The van der Waals surface area contributed by atoms with Gasteiger partial charge in [0.25, 0.3) is 11.2 Å². The smallest absolute Gasteiger partial charge is 0.426 e. The van der Waals surface area contributed by atoms with E-state index < -0.39 is 83.5 Å². The van der Waals surface area contributed by atoms with Crippen LogP contribution in [0.15, 0.2) is 18.2 Å². The van der Waals surface area contributed by atoms with E-state index in [1.54, 1.807) is 0 Å². The molecule has 0 saturated carbocycles. The van der Waals surface area contributed by atoms with E-state index in [4.69, 9.17) is 4.74 Å². The predicted molar refractivity (Wildman–Crippen MR) is 91.3 cm³/mol. The quantitative estimate of drug-likeness (QED) is 0.330. The van der Waals surface area contributed by atoms with Crippen molar-refractivity contribution in [2.45, 2.75) is 35.9 Å². The van der Waals surface area contributed by atoms with Gasteiger partial charge in [-0.05, 0) is 18.2 Å². The van der Waals surface area contributed by atoms with Crippen LogP contribution in [0.1, 0.15) is 11.1 Å². The van der Waals surface area contributed by atoms with Gasteiger partial charge < -0.3 is 19.7 Å². The molecule has 6 nitrogen and oxygen atoms in total. The number of halogens is 12. The molecule has 0 unspecified atom stereocenters. The van der Waals surface area contributed by atoms with E-state index in [1.807, 2.05) is 0 Å². The van der Waals surface area contributed by atoms with Crippen molar-refractivity contribution in [3.8, 4) is 5.75 Å². The molecular formula is C18H15F12NO5. The summed E-state index contributed by atoms with van der Waals surface area (Å²) in [6.45, 7) is -0.356. The fourth-order valence-electron chi connectivity index (χ4n) is 3.16. The van der Waals surface area contributed by atoms with Gasteiger partial charge in [0.1, 0.15) is 5.75 Å². The number of alkyl halides is 12. The first-order valence-corrected chi connectivity index (χ1v) is 9.44. The minimum Gasteiger partial charge on any atom is -0.426 e. The number of nitrogens with zero attached hydrogens (tertiary/aromatic N) is 1. The van der Waals surface area contributed by atoms with E-state index in [2.05, 4.69) is 4.74 Å². The van der Waals surface area contributed by atoms with Crippen LogP contribution in [0.5, 0.6) is 5.75 Å². The highest BCUT2D eigenvalue weighted by atomic mass is 19.4. The Balaban J connectivity index is 2.74. The standard InChI is InChI=1S/C18H15F12NO5/c19-15(20,21)13(33,16(22,23)24)9-5-10(14(34,17(25,26)27)18(28,29)30)7-11(6-9)36-12(32)8-31-1-3-35-4-2-31/h5-7,33-34H,1-4,8H2. The molecule has 1 fully saturated rings. The molecule has 18 heteroatoms. The van der Waals surface area contributed by atoms with Crippen molar-refractivity contribution in [2.75, 3.05) is 32.8 Å². The number of rotatable bonds is 5. The number of benzene rings is 1. The lowest BCUT2D eigenvalue weighted by Crippen LogP contribution is -2.55. The minimum absolute atomic E-state index is 0.0875. The van der Waals surface area contributed by atoms with Crippen molar-refractivity contribution in [2.24, 2.45) is 0 Å². The highest BCUT2D eigenvalue weighted by molar-refractivity contribution is 5.74. The predicted octanol–water partition coefficient (Wildman–Crippen LogP) is 3.55. The summed E-state index contributed by atoms with van der Waals surface area (Å²) in [6, 6.07) is -1.79. The SMILES string of the molecule is O=C(CN1CCOCC1)Oc1cc(C(O)(C(F)(F)F)C(F)(F)F)cc(C(O)(C(F)(F)F)C(F)(F)F)c1. The number of esters is 1. The second-order valence-corrected chi connectivity index (χ2v) is 7.52. The molecular weight excluding hydrogens is 538 g/mol. The molecule has 1 aliphatic heterocycles. The maximum Gasteiger partial charge on any atom is 0.430 e. The molecule has 1 aliphatic rings. The maximum absolute atomic E-state index is 13.3. The molecule has 36 heavy (non-hydrogen) atoms. The third-order valence-corrected chi connectivity index (χ3v) is 5.07. The molecule has 0 aliphatic carbocycles. The van der Waals surface area contributed by atoms with Crippen LogP contribution in [-0.4, -0.2) is 78.6 Å². The summed E-state index contributed by atoms with van der Waals surface area (Å²) in [5.74, 6) is -3.16. The van der Waals surface area contributed by atoms with Gasteiger partial charge in [-0.15, -0.1) is 0 Å². The number of carbonyl (C=O) groups excluding carboxylic acids is 1. The average molecular weight is 553 g/mol. The number of aliphatic hydroxyl groups is 2. The zero-order valence-corrected chi connectivity index (χ0v) is 17.4. The Bertz CT molecular complexity index is 863. The van der Waals surface area contributed by atoms with E-state index in [1.165, 1.54) is 4.90 Å². The van der Waals surface area contributed by atoms with Gasteiger partial charge in [0.2, 0.25) is 0 Å². The average Bonchev–Trinajstić information content (AvgIpc) is 2.69. The highest BCUT2D eigenvalue weighted by Crippen LogP contribution is 2.54. The summed E-state index contributed by atoms with van der Waals surface area (Å²) < 4.78 is 169. The van der Waals surface area contributed by atoms with Crippen molar-refractivity contribution >= 4 is 5.97 Å². The van der Waals surface area contributed by atoms with Crippen LogP contribution < -0.4 is 4.74 Å². The Kier molecular flexibility index (Phi) is 7.92. The van der Waals surface area contributed by atoms with Crippen molar-refractivity contribution in [3.63, 3.8) is 0 Å². The maximum atomic E-state index is 13.3. The van der Waals surface area contributed by atoms with Crippen LogP contribution in [0.4, 0.5) is 52.7 Å². The van der Waals surface area contributed by atoms with Gasteiger partial charge in [0.15, 0.2) is 0 Å². The number of hydrogen-bond donors (Lipinski definition) is 2. The fraction of sp³-hybridized carbons (Fsp3) is 0.611. The summed E-state index contributed by atoms with van der Waals surface area (Å²) in [4.78, 5) is 13.4. The molecule has 1 heterocycles. The Morgan fingerprint density at radius 3 is 1.44 bits per heavy atom. The van der Waals surface area contributed by atoms with Gasteiger partial charge in [-0.3, -0.25) is 9.69 Å². The molecule has 0 amide bonds. The van der Waals surface area contributed by atoms with Crippen LogP contribution in [0.2, 0.25) is 0 Å². The topological polar surface area (TPSA) is 79.2 Å². The van der Waals surface area contributed by atoms with Crippen molar-refractivity contribution in [3.05, 3.63) is 29.3 Å². The first-order chi connectivity index (χ1) is 16.1. The van der Waals surface area contributed by atoms with E-state index in [9.17, 15) is 67.7 Å². The van der Waals surface area contributed by atoms with Gasteiger partial charge in [-0.2, -0.15) is 52.7 Å². The van der Waals surface area contributed by atoms with Crippen LogP contribution in [0.25, 0.3) is 0 Å². The summed E-state index contributed by atoms with van der Waals surface area (Å²) >= 11 is 0. The number of ether oxygens (including phenoxy) is 2. The Morgan fingerprint density at radius 1 is 0.750 bits per heavy atom. The second kappa shape index (κ2) is 9.53. The van der Waals surface area contributed by atoms with Crippen molar-refractivity contribution < 1.29 is 77.2 Å². The molecule has 1 aromatic carbocycles. The lowest BCUT2D eigenvalue weighted by molar-refractivity contribution is -0.378. The zero-order chi connectivity index (χ0) is 28.0. The van der Waals surface area contributed by atoms with Gasteiger partial charge in [-0.1, -0.05) is 0 Å². The van der Waals surface area contributed by atoms with E-state index in [-0.39, 0.29) is 26.3 Å². The van der Waals surface area contributed by atoms with Crippen LogP contribution in [0.3, 0.4) is 0 Å². The molecule has 0 bridgehead atoms. The molecule has 0 radical (unpaired) electrons. The van der Waals surface area contributed by atoms with Crippen molar-refractivity contribution in [1.29, 1.82) is 0 Å². The van der Waals surface area contributed by atoms with Gasteiger partial charge in [0.05, 0.1) is 19.8 Å². The highest BCUT2D eigenvalue weighted by Gasteiger charge is 2.74. The molecule has 0 aromatic heterocycles.